The molecule has 1 aliphatic heterocycles. The Morgan fingerprint density at radius 1 is 1.29 bits per heavy atom. The van der Waals surface area contributed by atoms with Crippen LogP contribution in [-0.2, 0) is 14.8 Å². The molecule has 0 bridgehead atoms. The Labute approximate surface area is 149 Å². The van der Waals surface area contributed by atoms with Gasteiger partial charge in [0.2, 0.25) is 15.9 Å². The third-order valence-electron chi connectivity index (χ3n) is 4.04. The lowest BCUT2D eigenvalue weighted by molar-refractivity contribution is -0.117. The summed E-state index contributed by atoms with van der Waals surface area (Å²) in [5.41, 5.74) is 2.10. The van der Waals surface area contributed by atoms with E-state index in [9.17, 15) is 13.2 Å². The van der Waals surface area contributed by atoms with Crippen molar-refractivity contribution in [3.63, 3.8) is 0 Å². The number of carbonyl (C=O) groups is 1. The molecule has 0 spiro atoms. The van der Waals surface area contributed by atoms with Crippen molar-refractivity contribution in [2.24, 2.45) is 5.14 Å². The molecule has 0 unspecified atom stereocenters. The van der Waals surface area contributed by atoms with Gasteiger partial charge in [0.15, 0.2) is 0 Å². The van der Waals surface area contributed by atoms with Gasteiger partial charge in [-0.25, -0.2) is 13.6 Å². The minimum atomic E-state index is -3.80. The van der Waals surface area contributed by atoms with E-state index in [1.807, 2.05) is 6.92 Å². The third kappa shape index (κ3) is 5.71. The zero-order chi connectivity index (χ0) is 17.0. The summed E-state index contributed by atoms with van der Waals surface area (Å²) in [7, 11) is -3.80. The molecule has 1 saturated heterocycles. The summed E-state index contributed by atoms with van der Waals surface area (Å²) in [4.78, 5) is 14.4. The first kappa shape index (κ1) is 20.9. The molecule has 1 amide bonds. The number of halogens is 1. The van der Waals surface area contributed by atoms with Gasteiger partial charge in [0.25, 0.3) is 0 Å². The van der Waals surface area contributed by atoms with Crippen LogP contribution in [0.15, 0.2) is 17.0 Å². The molecule has 4 N–H and O–H groups in total. The van der Waals surface area contributed by atoms with E-state index in [0.29, 0.717) is 12.2 Å². The maximum atomic E-state index is 12.3. The number of rotatable bonds is 4. The number of primary sulfonamides is 1. The minimum absolute atomic E-state index is 0. The molecule has 1 aromatic carbocycles. The van der Waals surface area contributed by atoms with Gasteiger partial charge in [-0.05, 0) is 56.6 Å². The summed E-state index contributed by atoms with van der Waals surface area (Å²) >= 11 is 0. The second kappa shape index (κ2) is 8.77. The Kier molecular flexibility index (Phi) is 7.62. The Morgan fingerprint density at radius 3 is 2.67 bits per heavy atom. The van der Waals surface area contributed by atoms with Crippen molar-refractivity contribution in [1.29, 1.82) is 0 Å². The Hall–Kier alpha value is -1.19. The summed E-state index contributed by atoms with van der Waals surface area (Å²) in [5, 5.41) is 11.3. The Balaban J connectivity index is 0.00000288. The van der Waals surface area contributed by atoms with E-state index in [1.165, 1.54) is 12.1 Å². The van der Waals surface area contributed by atoms with Crippen LogP contribution in [0.4, 0.5) is 5.69 Å². The fourth-order valence-electron chi connectivity index (χ4n) is 2.57. The molecule has 136 valence electrons. The fourth-order valence-corrected chi connectivity index (χ4v) is 3.20. The van der Waals surface area contributed by atoms with E-state index >= 15 is 0 Å². The number of aryl methyl sites for hydroxylation is 1. The SMILES string of the molecule is Cc1cc(S(N)(=O)=O)cc(NC(=O)CN2CCCNCC2)c1C.Cl. The summed E-state index contributed by atoms with van der Waals surface area (Å²) in [6.07, 6.45) is 1.01. The van der Waals surface area contributed by atoms with Gasteiger partial charge < -0.3 is 10.6 Å². The van der Waals surface area contributed by atoms with Gasteiger partial charge in [-0.3, -0.25) is 9.69 Å². The number of amides is 1. The highest BCUT2D eigenvalue weighted by Crippen LogP contribution is 2.23. The van der Waals surface area contributed by atoms with E-state index in [0.717, 1.165) is 43.7 Å². The monoisotopic (exact) mass is 376 g/mol. The highest BCUT2D eigenvalue weighted by atomic mass is 35.5. The number of hydrogen-bond donors (Lipinski definition) is 3. The molecule has 0 radical (unpaired) electrons. The lowest BCUT2D eigenvalue weighted by atomic mass is 10.1. The predicted molar refractivity (Wildman–Crippen MR) is 97.1 cm³/mol. The van der Waals surface area contributed by atoms with Crippen LogP contribution in [0, 0.1) is 13.8 Å². The molecule has 7 nitrogen and oxygen atoms in total. The number of nitrogens with one attached hydrogen (secondary N) is 2. The summed E-state index contributed by atoms with van der Waals surface area (Å²) in [6, 6.07) is 2.93. The zero-order valence-electron chi connectivity index (χ0n) is 14.0. The van der Waals surface area contributed by atoms with E-state index < -0.39 is 10.0 Å². The lowest BCUT2D eigenvalue weighted by Gasteiger charge is -2.19. The molecule has 0 saturated carbocycles. The molecular formula is C15H25ClN4O3S. The standard InChI is InChI=1S/C15H24N4O3S.ClH/c1-11-8-13(23(16,21)22)9-14(12(11)2)18-15(20)10-19-6-3-4-17-5-7-19;/h8-9,17H,3-7,10H2,1-2H3,(H,18,20)(H2,16,21,22);1H. The van der Waals surface area contributed by atoms with Crippen molar-refractivity contribution >= 4 is 34.0 Å². The maximum absolute atomic E-state index is 12.3. The summed E-state index contributed by atoms with van der Waals surface area (Å²) < 4.78 is 23.1. The number of nitrogens with two attached hydrogens (primary N) is 1. The van der Waals surface area contributed by atoms with E-state index in [2.05, 4.69) is 15.5 Å². The van der Waals surface area contributed by atoms with Gasteiger partial charge in [-0.1, -0.05) is 0 Å². The van der Waals surface area contributed by atoms with Crippen LogP contribution in [0.25, 0.3) is 0 Å². The van der Waals surface area contributed by atoms with Gasteiger partial charge in [0.05, 0.1) is 11.4 Å². The molecule has 1 aliphatic rings. The normalized spacial score (nSPS) is 16.1. The summed E-state index contributed by atoms with van der Waals surface area (Å²) in [6.45, 7) is 7.45. The van der Waals surface area contributed by atoms with Crippen LogP contribution in [-0.4, -0.2) is 51.9 Å². The molecule has 0 aromatic heterocycles. The van der Waals surface area contributed by atoms with E-state index in [4.69, 9.17) is 5.14 Å². The first-order valence-corrected chi connectivity index (χ1v) is 9.19. The second-order valence-corrected chi connectivity index (χ2v) is 7.45. The summed E-state index contributed by atoms with van der Waals surface area (Å²) in [5.74, 6) is -0.152. The molecule has 0 atom stereocenters. The van der Waals surface area contributed by atoms with Crippen LogP contribution in [0.5, 0.6) is 0 Å². The highest BCUT2D eigenvalue weighted by Gasteiger charge is 2.16. The fraction of sp³-hybridized carbons (Fsp3) is 0.533. The second-order valence-electron chi connectivity index (χ2n) is 5.89. The smallest absolute Gasteiger partial charge is 0.238 e. The Morgan fingerprint density at radius 2 is 2.00 bits per heavy atom. The number of sulfonamides is 1. The molecular weight excluding hydrogens is 352 g/mol. The van der Waals surface area contributed by atoms with Crippen molar-refractivity contribution < 1.29 is 13.2 Å². The van der Waals surface area contributed by atoms with Crippen molar-refractivity contribution in [2.45, 2.75) is 25.2 Å². The Bertz CT molecular complexity index is 686. The quantitative estimate of drug-likeness (QED) is 0.714. The highest BCUT2D eigenvalue weighted by molar-refractivity contribution is 7.89. The number of nitrogens with zero attached hydrogens (tertiary/aromatic N) is 1. The van der Waals surface area contributed by atoms with Gasteiger partial charge in [0.1, 0.15) is 0 Å². The van der Waals surface area contributed by atoms with Crippen LogP contribution >= 0.6 is 12.4 Å². The predicted octanol–water partition coefficient (Wildman–Crippen LogP) is 0.606. The van der Waals surface area contributed by atoms with Crippen molar-refractivity contribution in [3.8, 4) is 0 Å². The number of hydrogen-bond acceptors (Lipinski definition) is 5. The van der Waals surface area contributed by atoms with Crippen LogP contribution in [0.2, 0.25) is 0 Å². The number of anilines is 1. The largest absolute Gasteiger partial charge is 0.325 e. The maximum Gasteiger partial charge on any atom is 0.238 e. The molecule has 24 heavy (non-hydrogen) atoms. The first-order valence-electron chi connectivity index (χ1n) is 7.64. The van der Waals surface area contributed by atoms with E-state index in [-0.39, 0.29) is 23.2 Å². The number of benzene rings is 1. The minimum Gasteiger partial charge on any atom is -0.325 e. The van der Waals surface area contributed by atoms with Gasteiger partial charge in [0, 0.05) is 18.8 Å². The molecule has 0 aliphatic carbocycles. The molecule has 1 aromatic rings. The molecule has 2 rings (SSSR count). The van der Waals surface area contributed by atoms with Crippen LogP contribution < -0.4 is 15.8 Å². The van der Waals surface area contributed by atoms with Gasteiger partial charge in [-0.15, -0.1) is 12.4 Å². The van der Waals surface area contributed by atoms with Gasteiger partial charge in [-0.2, -0.15) is 0 Å². The third-order valence-corrected chi connectivity index (χ3v) is 4.94. The zero-order valence-corrected chi connectivity index (χ0v) is 15.6. The lowest BCUT2D eigenvalue weighted by Crippen LogP contribution is -2.35. The van der Waals surface area contributed by atoms with Crippen molar-refractivity contribution in [2.75, 3.05) is 38.0 Å². The molecule has 1 heterocycles. The first-order chi connectivity index (χ1) is 10.8. The van der Waals surface area contributed by atoms with E-state index in [1.54, 1.807) is 6.92 Å². The van der Waals surface area contributed by atoms with Gasteiger partial charge >= 0.3 is 0 Å². The van der Waals surface area contributed by atoms with Crippen molar-refractivity contribution in [1.82, 2.24) is 10.2 Å². The van der Waals surface area contributed by atoms with Crippen LogP contribution in [0.1, 0.15) is 17.5 Å². The average Bonchev–Trinajstić information content (AvgIpc) is 2.71. The molecule has 9 heteroatoms. The molecule has 1 fully saturated rings. The van der Waals surface area contributed by atoms with Crippen LogP contribution in [0.3, 0.4) is 0 Å². The number of carbonyl (C=O) groups excluding carboxylic acids is 1. The topological polar surface area (TPSA) is 105 Å². The average molecular weight is 377 g/mol. The van der Waals surface area contributed by atoms with Crippen molar-refractivity contribution in [3.05, 3.63) is 23.3 Å².